The predicted molar refractivity (Wildman–Crippen MR) is 55.4 cm³/mol. The molecule has 0 spiro atoms. The normalized spacial score (nSPS) is 12.0. The maximum Gasteiger partial charge on any atom is 0.0730 e. The molecule has 0 radical (unpaired) electrons. The van der Waals surface area contributed by atoms with Crippen molar-refractivity contribution in [3.05, 3.63) is 11.9 Å². The van der Waals surface area contributed by atoms with Crippen LogP contribution < -0.4 is 5.73 Å². The number of nitrogens with zero attached hydrogens (tertiary/aromatic N) is 2. The molecule has 0 aliphatic heterocycles. The van der Waals surface area contributed by atoms with Crippen LogP contribution >= 0.6 is 0 Å². The van der Waals surface area contributed by atoms with E-state index in [1.807, 2.05) is 11.6 Å². The predicted octanol–water partition coefficient (Wildman–Crippen LogP) is 2.21. The van der Waals surface area contributed by atoms with Gasteiger partial charge in [-0.05, 0) is 18.8 Å². The highest BCUT2D eigenvalue weighted by Gasteiger charge is 2.11. The standard InChI is InChI=1S/C10H19N3/c1-8-9(11)7-12-13(8)6-5-10(2,3)4/h7H,5-6,11H2,1-4H3. The van der Waals surface area contributed by atoms with Crippen LogP contribution in [0.2, 0.25) is 0 Å². The summed E-state index contributed by atoms with van der Waals surface area (Å²) in [6.45, 7) is 9.65. The number of aromatic nitrogens is 2. The second kappa shape index (κ2) is 3.40. The molecule has 0 aromatic carbocycles. The molecular weight excluding hydrogens is 162 g/mol. The van der Waals surface area contributed by atoms with Gasteiger partial charge in [0.25, 0.3) is 0 Å². The Hall–Kier alpha value is -0.990. The Balaban J connectivity index is 2.60. The summed E-state index contributed by atoms with van der Waals surface area (Å²) in [5.41, 5.74) is 7.91. The van der Waals surface area contributed by atoms with Crippen LogP contribution in [0.4, 0.5) is 5.69 Å². The van der Waals surface area contributed by atoms with Gasteiger partial charge in [-0.25, -0.2) is 0 Å². The molecule has 0 aliphatic carbocycles. The van der Waals surface area contributed by atoms with Crippen LogP contribution in [-0.4, -0.2) is 9.78 Å². The Morgan fingerprint density at radius 2 is 2.08 bits per heavy atom. The molecule has 0 bridgehead atoms. The number of rotatable bonds is 2. The summed E-state index contributed by atoms with van der Waals surface area (Å²) in [5.74, 6) is 0. The number of anilines is 1. The Morgan fingerprint density at radius 1 is 1.46 bits per heavy atom. The zero-order chi connectivity index (χ0) is 10.1. The fraction of sp³-hybridized carbons (Fsp3) is 0.700. The van der Waals surface area contributed by atoms with Crippen molar-refractivity contribution in [2.24, 2.45) is 5.41 Å². The maximum absolute atomic E-state index is 5.70. The lowest BCUT2D eigenvalue weighted by molar-refractivity contribution is 0.339. The molecule has 0 amide bonds. The minimum Gasteiger partial charge on any atom is -0.396 e. The van der Waals surface area contributed by atoms with Gasteiger partial charge in [-0.1, -0.05) is 20.8 Å². The number of aryl methyl sites for hydroxylation is 1. The van der Waals surface area contributed by atoms with E-state index in [1.54, 1.807) is 6.20 Å². The quantitative estimate of drug-likeness (QED) is 0.760. The van der Waals surface area contributed by atoms with Crippen molar-refractivity contribution in [1.82, 2.24) is 9.78 Å². The molecular formula is C10H19N3. The minimum atomic E-state index is 0.354. The van der Waals surface area contributed by atoms with Crippen LogP contribution in [0, 0.1) is 12.3 Å². The fourth-order valence-corrected chi connectivity index (χ4v) is 1.13. The Morgan fingerprint density at radius 3 is 2.46 bits per heavy atom. The summed E-state index contributed by atoms with van der Waals surface area (Å²) in [6.07, 6.45) is 2.84. The van der Waals surface area contributed by atoms with Crippen molar-refractivity contribution in [3.63, 3.8) is 0 Å². The van der Waals surface area contributed by atoms with Crippen LogP contribution in [0.1, 0.15) is 32.9 Å². The van der Waals surface area contributed by atoms with E-state index >= 15 is 0 Å². The molecule has 13 heavy (non-hydrogen) atoms. The van der Waals surface area contributed by atoms with Crippen LogP contribution in [0.5, 0.6) is 0 Å². The number of hydrogen-bond donors (Lipinski definition) is 1. The van der Waals surface area contributed by atoms with E-state index in [2.05, 4.69) is 25.9 Å². The van der Waals surface area contributed by atoms with Gasteiger partial charge in [0.2, 0.25) is 0 Å². The van der Waals surface area contributed by atoms with Gasteiger partial charge in [0, 0.05) is 6.54 Å². The van der Waals surface area contributed by atoms with Crippen molar-refractivity contribution in [3.8, 4) is 0 Å². The summed E-state index contributed by atoms with van der Waals surface area (Å²) in [4.78, 5) is 0. The van der Waals surface area contributed by atoms with E-state index in [-0.39, 0.29) is 0 Å². The van der Waals surface area contributed by atoms with Gasteiger partial charge in [-0.3, -0.25) is 4.68 Å². The average molecular weight is 181 g/mol. The van der Waals surface area contributed by atoms with Crippen LogP contribution in [0.15, 0.2) is 6.20 Å². The van der Waals surface area contributed by atoms with Gasteiger partial charge < -0.3 is 5.73 Å². The van der Waals surface area contributed by atoms with E-state index < -0.39 is 0 Å². The van der Waals surface area contributed by atoms with E-state index in [4.69, 9.17) is 5.73 Å². The zero-order valence-electron chi connectivity index (χ0n) is 8.96. The molecule has 1 aromatic rings. The highest BCUT2D eigenvalue weighted by atomic mass is 15.3. The minimum absolute atomic E-state index is 0.354. The smallest absolute Gasteiger partial charge is 0.0730 e. The lowest BCUT2D eigenvalue weighted by Gasteiger charge is -2.18. The highest BCUT2D eigenvalue weighted by Crippen LogP contribution is 2.20. The molecule has 1 rings (SSSR count). The molecule has 0 aliphatic rings. The third kappa shape index (κ3) is 2.76. The van der Waals surface area contributed by atoms with E-state index in [0.717, 1.165) is 24.3 Å². The largest absolute Gasteiger partial charge is 0.396 e. The third-order valence-corrected chi connectivity index (χ3v) is 2.21. The van der Waals surface area contributed by atoms with Gasteiger partial charge in [0.15, 0.2) is 0 Å². The second-order valence-corrected chi connectivity index (χ2v) is 4.72. The first-order valence-electron chi connectivity index (χ1n) is 4.68. The fourth-order valence-electron chi connectivity index (χ4n) is 1.13. The van der Waals surface area contributed by atoms with Gasteiger partial charge in [-0.2, -0.15) is 5.10 Å². The lowest BCUT2D eigenvalue weighted by Crippen LogP contribution is -2.12. The van der Waals surface area contributed by atoms with E-state index in [0.29, 0.717) is 5.41 Å². The van der Waals surface area contributed by atoms with E-state index in [1.165, 1.54) is 0 Å². The van der Waals surface area contributed by atoms with Crippen molar-refractivity contribution in [2.75, 3.05) is 5.73 Å². The molecule has 0 unspecified atom stereocenters. The molecule has 1 aromatic heterocycles. The van der Waals surface area contributed by atoms with Gasteiger partial charge in [0.05, 0.1) is 17.6 Å². The summed E-state index contributed by atoms with van der Waals surface area (Å²) in [6, 6.07) is 0. The molecule has 3 heteroatoms. The Kier molecular flexibility index (Phi) is 2.64. The first-order chi connectivity index (χ1) is 5.90. The maximum atomic E-state index is 5.70. The number of nitrogen functional groups attached to an aromatic ring is 1. The first kappa shape index (κ1) is 10.1. The van der Waals surface area contributed by atoms with Crippen molar-refractivity contribution in [1.29, 1.82) is 0 Å². The molecule has 0 saturated carbocycles. The van der Waals surface area contributed by atoms with Gasteiger partial charge >= 0.3 is 0 Å². The first-order valence-corrected chi connectivity index (χ1v) is 4.68. The number of hydrogen-bond acceptors (Lipinski definition) is 2. The third-order valence-electron chi connectivity index (χ3n) is 2.21. The topological polar surface area (TPSA) is 43.8 Å². The van der Waals surface area contributed by atoms with Crippen molar-refractivity contribution < 1.29 is 0 Å². The molecule has 0 fully saturated rings. The SMILES string of the molecule is Cc1c(N)cnn1CCC(C)(C)C. The van der Waals surface area contributed by atoms with Crippen molar-refractivity contribution in [2.45, 2.75) is 40.7 Å². The van der Waals surface area contributed by atoms with Crippen LogP contribution in [-0.2, 0) is 6.54 Å². The van der Waals surface area contributed by atoms with Gasteiger partial charge in [-0.15, -0.1) is 0 Å². The van der Waals surface area contributed by atoms with Crippen LogP contribution in [0.3, 0.4) is 0 Å². The zero-order valence-corrected chi connectivity index (χ0v) is 8.96. The van der Waals surface area contributed by atoms with Gasteiger partial charge in [0.1, 0.15) is 0 Å². The molecule has 0 saturated heterocycles. The summed E-state index contributed by atoms with van der Waals surface area (Å²) in [7, 11) is 0. The highest BCUT2D eigenvalue weighted by molar-refractivity contribution is 5.39. The lowest BCUT2D eigenvalue weighted by atomic mass is 9.92. The second-order valence-electron chi connectivity index (χ2n) is 4.72. The number of nitrogens with two attached hydrogens (primary N) is 1. The molecule has 0 atom stereocenters. The monoisotopic (exact) mass is 181 g/mol. The molecule has 74 valence electrons. The van der Waals surface area contributed by atoms with Crippen LogP contribution in [0.25, 0.3) is 0 Å². The van der Waals surface area contributed by atoms with Crippen molar-refractivity contribution >= 4 is 5.69 Å². The Bertz CT molecular complexity index is 281. The summed E-state index contributed by atoms with van der Waals surface area (Å²) >= 11 is 0. The Labute approximate surface area is 79.9 Å². The summed E-state index contributed by atoms with van der Waals surface area (Å²) < 4.78 is 1.97. The van der Waals surface area contributed by atoms with E-state index in [9.17, 15) is 0 Å². The summed E-state index contributed by atoms with van der Waals surface area (Å²) in [5, 5.41) is 4.21. The average Bonchev–Trinajstić information content (AvgIpc) is 2.29. The molecule has 3 nitrogen and oxygen atoms in total. The molecule has 2 N–H and O–H groups in total. The molecule has 1 heterocycles.